The molecule has 0 bridgehead atoms. The summed E-state index contributed by atoms with van der Waals surface area (Å²) in [5.41, 5.74) is 0.597. The monoisotopic (exact) mass is 404 g/mol. The molecular weight excluding hydrogens is 378 g/mol. The van der Waals surface area contributed by atoms with Crippen LogP contribution in [0.25, 0.3) is 0 Å². The van der Waals surface area contributed by atoms with E-state index in [1.165, 1.54) is 16.4 Å². The van der Waals surface area contributed by atoms with Gasteiger partial charge in [0, 0.05) is 6.54 Å². The number of sulfonamides is 1. The predicted octanol–water partition coefficient (Wildman–Crippen LogP) is 3.06. The fourth-order valence-electron chi connectivity index (χ4n) is 3.23. The molecule has 1 heterocycles. The second-order valence-electron chi connectivity index (χ2n) is 6.62. The molecular formula is C18H26F2N2O4S. The standard InChI is InChI=1S/C18H26F2N2O4S/c1-3-11-27(24,25)22-10-5-4-9-16(22)17(23)21-13(2)14-7-6-8-15(12-14)26-18(19)20/h6-8,12-13,16,18H,3-5,9-11H2,1-2H3,(H,21,23). The number of rotatable bonds is 8. The third-order valence-electron chi connectivity index (χ3n) is 4.52. The number of halogens is 2. The lowest BCUT2D eigenvalue weighted by Gasteiger charge is -2.34. The van der Waals surface area contributed by atoms with Crippen molar-refractivity contribution in [2.45, 2.75) is 58.2 Å². The summed E-state index contributed by atoms with van der Waals surface area (Å²) in [6.07, 6.45) is 2.47. The van der Waals surface area contributed by atoms with E-state index in [4.69, 9.17) is 0 Å². The van der Waals surface area contributed by atoms with E-state index >= 15 is 0 Å². The number of carbonyl (C=O) groups excluding carboxylic acids is 1. The molecule has 1 N–H and O–H groups in total. The summed E-state index contributed by atoms with van der Waals surface area (Å²) in [5.74, 6) is -0.352. The van der Waals surface area contributed by atoms with Crippen LogP contribution in [0.1, 0.15) is 51.1 Å². The number of hydrogen-bond donors (Lipinski definition) is 1. The van der Waals surface area contributed by atoms with Gasteiger partial charge in [-0.3, -0.25) is 4.79 Å². The largest absolute Gasteiger partial charge is 0.435 e. The molecule has 2 atom stereocenters. The van der Waals surface area contributed by atoms with Gasteiger partial charge in [-0.05, 0) is 43.9 Å². The van der Waals surface area contributed by atoms with Gasteiger partial charge in [-0.15, -0.1) is 0 Å². The van der Waals surface area contributed by atoms with Crippen LogP contribution in [0.4, 0.5) is 8.78 Å². The minimum absolute atomic E-state index is 0.00779. The average molecular weight is 404 g/mol. The molecule has 9 heteroatoms. The number of alkyl halides is 2. The summed E-state index contributed by atoms with van der Waals surface area (Å²) < 4.78 is 55.3. The number of piperidine rings is 1. The molecule has 0 radical (unpaired) electrons. The Bertz CT molecular complexity index is 743. The van der Waals surface area contributed by atoms with Gasteiger partial charge in [0.1, 0.15) is 11.8 Å². The molecule has 2 unspecified atom stereocenters. The van der Waals surface area contributed by atoms with E-state index in [9.17, 15) is 22.0 Å². The van der Waals surface area contributed by atoms with Crippen molar-refractivity contribution < 1.29 is 26.7 Å². The number of carbonyl (C=O) groups is 1. The van der Waals surface area contributed by atoms with Gasteiger partial charge in [-0.2, -0.15) is 13.1 Å². The molecule has 0 aliphatic carbocycles. The van der Waals surface area contributed by atoms with Crippen molar-refractivity contribution in [1.29, 1.82) is 0 Å². The third-order valence-corrected chi connectivity index (χ3v) is 6.59. The van der Waals surface area contributed by atoms with Crippen LogP contribution < -0.4 is 10.1 Å². The second-order valence-corrected chi connectivity index (χ2v) is 8.66. The highest BCUT2D eigenvalue weighted by atomic mass is 32.2. The summed E-state index contributed by atoms with van der Waals surface area (Å²) in [6, 6.07) is 4.88. The summed E-state index contributed by atoms with van der Waals surface area (Å²) in [4.78, 5) is 12.7. The average Bonchev–Trinajstić information content (AvgIpc) is 2.61. The fraction of sp³-hybridized carbons (Fsp3) is 0.611. The van der Waals surface area contributed by atoms with Gasteiger partial charge in [-0.1, -0.05) is 25.5 Å². The normalized spacial score (nSPS) is 19.7. The Hall–Kier alpha value is -1.74. The summed E-state index contributed by atoms with van der Waals surface area (Å²) in [6.45, 7) is 0.914. The molecule has 27 heavy (non-hydrogen) atoms. The van der Waals surface area contributed by atoms with Crippen LogP contribution in [-0.2, 0) is 14.8 Å². The van der Waals surface area contributed by atoms with E-state index in [1.807, 2.05) is 0 Å². The molecule has 1 aliphatic rings. The first-order valence-electron chi connectivity index (χ1n) is 9.09. The third kappa shape index (κ3) is 5.87. The first kappa shape index (κ1) is 21.6. The Morgan fingerprint density at radius 1 is 1.37 bits per heavy atom. The molecule has 1 amide bonds. The highest BCUT2D eigenvalue weighted by Crippen LogP contribution is 2.24. The number of nitrogens with one attached hydrogen (secondary N) is 1. The molecule has 6 nitrogen and oxygen atoms in total. The zero-order valence-electron chi connectivity index (χ0n) is 15.5. The molecule has 1 fully saturated rings. The molecule has 2 rings (SSSR count). The second kappa shape index (κ2) is 9.45. The van der Waals surface area contributed by atoms with Gasteiger partial charge in [0.15, 0.2) is 0 Å². The minimum Gasteiger partial charge on any atom is -0.435 e. The lowest BCUT2D eigenvalue weighted by Crippen LogP contribution is -2.52. The van der Waals surface area contributed by atoms with Crippen molar-refractivity contribution in [2.24, 2.45) is 0 Å². The van der Waals surface area contributed by atoms with Gasteiger partial charge in [0.05, 0.1) is 11.8 Å². The highest BCUT2D eigenvalue weighted by Gasteiger charge is 2.36. The SMILES string of the molecule is CCCS(=O)(=O)N1CCCCC1C(=O)NC(C)c1cccc(OC(F)F)c1. The van der Waals surface area contributed by atoms with E-state index in [-0.39, 0.29) is 17.4 Å². The molecule has 1 aromatic carbocycles. The lowest BCUT2D eigenvalue weighted by atomic mass is 10.0. The maximum Gasteiger partial charge on any atom is 0.387 e. The topological polar surface area (TPSA) is 75.7 Å². The van der Waals surface area contributed by atoms with E-state index in [0.717, 1.165) is 12.8 Å². The summed E-state index contributed by atoms with van der Waals surface area (Å²) in [7, 11) is -3.48. The van der Waals surface area contributed by atoms with Crippen molar-refractivity contribution in [2.75, 3.05) is 12.3 Å². The summed E-state index contributed by atoms with van der Waals surface area (Å²) in [5, 5.41) is 2.80. The van der Waals surface area contributed by atoms with Crippen LogP contribution >= 0.6 is 0 Å². The first-order chi connectivity index (χ1) is 12.7. The van der Waals surface area contributed by atoms with Gasteiger partial charge >= 0.3 is 6.61 Å². The van der Waals surface area contributed by atoms with Crippen LogP contribution in [0, 0.1) is 0 Å². The van der Waals surface area contributed by atoms with Crippen LogP contribution in [-0.4, -0.2) is 43.6 Å². The number of nitrogens with zero attached hydrogens (tertiary/aromatic N) is 1. The number of hydrogen-bond acceptors (Lipinski definition) is 4. The minimum atomic E-state index is -3.48. The highest BCUT2D eigenvalue weighted by molar-refractivity contribution is 7.89. The van der Waals surface area contributed by atoms with Crippen molar-refractivity contribution in [3.05, 3.63) is 29.8 Å². The molecule has 1 aromatic rings. The van der Waals surface area contributed by atoms with Crippen molar-refractivity contribution in [1.82, 2.24) is 9.62 Å². The van der Waals surface area contributed by atoms with Crippen molar-refractivity contribution >= 4 is 15.9 Å². The van der Waals surface area contributed by atoms with Crippen LogP contribution in [0.5, 0.6) is 5.75 Å². The van der Waals surface area contributed by atoms with E-state index in [1.54, 1.807) is 26.0 Å². The number of benzene rings is 1. The Balaban J connectivity index is 2.10. The fourth-order valence-corrected chi connectivity index (χ4v) is 4.97. The van der Waals surface area contributed by atoms with Crippen LogP contribution in [0.15, 0.2) is 24.3 Å². The molecule has 1 saturated heterocycles. The Morgan fingerprint density at radius 2 is 2.11 bits per heavy atom. The van der Waals surface area contributed by atoms with E-state index < -0.39 is 28.7 Å². The molecule has 152 valence electrons. The zero-order chi connectivity index (χ0) is 20.0. The molecule has 0 aromatic heterocycles. The smallest absolute Gasteiger partial charge is 0.387 e. The van der Waals surface area contributed by atoms with Crippen LogP contribution in [0.2, 0.25) is 0 Å². The maximum absolute atomic E-state index is 12.7. The predicted molar refractivity (Wildman–Crippen MR) is 98.1 cm³/mol. The number of ether oxygens (including phenoxy) is 1. The summed E-state index contributed by atoms with van der Waals surface area (Å²) >= 11 is 0. The quantitative estimate of drug-likeness (QED) is 0.723. The first-order valence-corrected chi connectivity index (χ1v) is 10.7. The van der Waals surface area contributed by atoms with Gasteiger partial charge in [0.25, 0.3) is 0 Å². The Labute approximate surface area is 158 Å². The molecule has 0 saturated carbocycles. The number of amides is 1. The Kier molecular flexibility index (Phi) is 7.55. The molecule has 1 aliphatic heterocycles. The van der Waals surface area contributed by atoms with Gasteiger partial charge < -0.3 is 10.1 Å². The van der Waals surface area contributed by atoms with E-state index in [2.05, 4.69) is 10.1 Å². The van der Waals surface area contributed by atoms with Gasteiger partial charge in [0.2, 0.25) is 15.9 Å². The van der Waals surface area contributed by atoms with E-state index in [0.29, 0.717) is 24.9 Å². The lowest BCUT2D eigenvalue weighted by molar-refractivity contribution is -0.126. The Morgan fingerprint density at radius 3 is 2.78 bits per heavy atom. The van der Waals surface area contributed by atoms with Crippen molar-refractivity contribution in [3.63, 3.8) is 0 Å². The molecule has 0 spiro atoms. The van der Waals surface area contributed by atoms with Crippen LogP contribution in [0.3, 0.4) is 0 Å². The van der Waals surface area contributed by atoms with Gasteiger partial charge in [-0.25, -0.2) is 8.42 Å². The van der Waals surface area contributed by atoms with Crippen molar-refractivity contribution in [3.8, 4) is 5.75 Å². The maximum atomic E-state index is 12.7. The zero-order valence-corrected chi connectivity index (χ0v) is 16.3.